The molecule has 1 amide bonds. The molecule has 0 aromatic heterocycles. The third kappa shape index (κ3) is 5.66. The summed E-state index contributed by atoms with van der Waals surface area (Å²) in [5.74, 6) is 0. The number of primary amides is 1. The minimum atomic E-state index is -0.717. The summed E-state index contributed by atoms with van der Waals surface area (Å²) in [7, 11) is 0. The first-order valence-electron chi connectivity index (χ1n) is 7.81. The lowest BCUT2D eigenvalue weighted by Crippen LogP contribution is -2.35. The van der Waals surface area contributed by atoms with E-state index in [1.54, 1.807) is 0 Å². The van der Waals surface area contributed by atoms with Gasteiger partial charge in [0, 0.05) is 19.6 Å². The monoisotopic (exact) mass is 306 g/mol. The van der Waals surface area contributed by atoms with E-state index in [0.29, 0.717) is 0 Å². The fourth-order valence-electron chi connectivity index (χ4n) is 2.60. The zero-order valence-corrected chi connectivity index (χ0v) is 13.5. The summed E-state index contributed by atoms with van der Waals surface area (Å²) in [6.07, 6.45) is 0.891. The van der Waals surface area contributed by atoms with Gasteiger partial charge in [0.1, 0.15) is 5.60 Å². The number of ether oxygens (including phenoxy) is 2. The molecule has 0 atom stereocenters. The molecular weight excluding hydrogens is 280 g/mol. The Morgan fingerprint density at radius 3 is 2.41 bits per heavy atom. The number of rotatable bonds is 6. The molecule has 2 rings (SSSR count). The van der Waals surface area contributed by atoms with Gasteiger partial charge < -0.3 is 15.2 Å². The summed E-state index contributed by atoms with van der Waals surface area (Å²) >= 11 is 0. The second kappa shape index (κ2) is 7.61. The number of aryl methyl sites for hydroxylation is 1. The second-order valence-corrected chi connectivity index (χ2v) is 6.39. The lowest BCUT2D eigenvalue weighted by Gasteiger charge is -2.26. The van der Waals surface area contributed by atoms with Crippen LogP contribution in [0.1, 0.15) is 31.4 Å². The highest BCUT2D eigenvalue weighted by Gasteiger charge is 2.21. The van der Waals surface area contributed by atoms with Gasteiger partial charge in [0.15, 0.2) is 0 Å². The molecule has 0 saturated carbocycles. The predicted octanol–water partition coefficient (Wildman–Crippen LogP) is 2.33. The highest BCUT2D eigenvalue weighted by Crippen LogP contribution is 2.18. The lowest BCUT2D eigenvalue weighted by atomic mass is 9.98. The van der Waals surface area contributed by atoms with E-state index < -0.39 is 11.7 Å². The van der Waals surface area contributed by atoms with Gasteiger partial charge in [-0.3, -0.25) is 4.90 Å². The molecule has 0 radical (unpaired) electrons. The maximum Gasteiger partial charge on any atom is 0.405 e. The summed E-state index contributed by atoms with van der Waals surface area (Å²) in [6, 6.07) is 8.64. The molecule has 22 heavy (non-hydrogen) atoms. The molecular formula is C17H26N2O3. The van der Waals surface area contributed by atoms with Gasteiger partial charge in [-0.25, -0.2) is 4.79 Å². The van der Waals surface area contributed by atoms with Crippen LogP contribution in [0.5, 0.6) is 0 Å². The third-order valence-electron chi connectivity index (χ3n) is 3.93. The molecule has 0 aliphatic carbocycles. The van der Waals surface area contributed by atoms with E-state index in [2.05, 4.69) is 29.2 Å². The van der Waals surface area contributed by atoms with Crippen LogP contribution in [-0.2, 0) is 22.4 Å². The van der Waals surface area contributed by atoms with Crippen LogP contribution in [0.25, 0.3) is 0 Å². The van der Waals surface area contributed by atoms with Gasteiger partial charge in [-0.1, -0.05) is 24.3 Å². The average molecular weight is 306 g/mol. The number of nitrogens with zero attached hydrogens (tertiary/aromatic N) is 1. The van der Waals surface area contributed by atoms with E-state index in [1.807, 2.05) is 13.8 Å². The van der Waals surface area contributed by atoms with Crippen LogP contribution < -0.4 is 5.73 Å². The van der Waals surface area contributed by atoms with E-state index in [4.69, 9.17) is 15.2 Å². The molecule has 5 nitrogen and oxygen atoms in total. The predicted molar refractivity (Wildman–Crippen MR) is 85.6 cm³/mol. The molecule has 1 aliphatic rings. The summed E-state index contributed by atoms with van der Waals surface area (Å²) < 4.78 is 10.5. The van der Waals surface area contributed by atoms with Crippen molar-refractivity contribution in [1.29, 1.82) is 0 Å². The molecule has 2 N–H and O–H groups in total. The van der Waals surface area contributed by atoms with Crippen LogP contribution in [0, 0.1) is 0 Å². The average Bonchev–Trinajstić information content (AvgIpc) is 2.46. The number of carbonyl (C=O) groups is 1. The minimum absolute atomic E-state index is 0.529. The van der Waals surface area contributed by atoms with Crippen molar-refractivity contribution in [2.75, 3.05) is 26.3 Å². The van der Waals surface area contributed by atoms with E-state index in [0.717, 1.165) is 45.7 Å². The first kappa shape index (κ1) is 16.8. The number of nitrogens with two attached hydrogens (primary N) is 1. The topological polar surface area (TPSA) is 64.8 Å². The molecule has 1 aliphatic heterocycles. The molecule has 1 aromatic carbocycles. The van der Waals surface area contributed by atoms with E-state index >= 15 is 0 Å². The SMILES string of the molecule is CC(C)(CCc1ccc(CN2CCOCC2)cc1)OC(N)=O. The summed E-state index contributed by atoms with van der Waals surface area (Å²) in [4.78, 5) is 13.3. The van der Waals surface area contributed by atoms with Gasteiger partial charge >= 0.3 is 6.09 Å². The Morgan fingerprint density at radius 1 is 1.23 bits per heavy atom. The van der Waals surface area contributed by atoms with E-state index in [9.17, 15) is 4.79 Å². The Hall–Kier alpha value is -1.59. The number of hydrogen-bond acceptors (Lipinski definition) is 4. The quantitative estimate of drug-likeness (QED) is 0.876. The Bertz CT molecular complexity index is 479. The summed E-state index contributed by atoms with van der Waals surface area (Å²) in [5.41, 5.74) is 7.11. The van der Waals surface area contributed by atoms with Crippen LogP contribution in [-0.4, -0.2) is 42.9 Å². The molecule has 0 unspecified atom stereocenters. The van der Waals surface area contributed by atoms with Crippen molar-refractivity contribution >= 4 is 6.09 Å². The van der Waals surface area contributed by atoms with E-state index in [-0.39, 0.29) is 0 Å². The van der Waals surface area contributed by atoms with E-state index in [1.165, 1.54) is 11.1 Å². The second-order valence-electron chi connectivity index (χ2n) is 6.39. The van der Waals surface area contributed by atoms with Gasteiger partial charge in [0.05, 0.1) is 13.2 Å². The zero-order chi connectivity index (χ0) is 16.0. The largest absolute Gasteiger partial charge is 0.444 e. The van der Waals surface area contributed by atoms with Crippen molar-refractivity contribution in [2.45, 2.75) is 38.8 Å². The van der Waals surface area contributed by atoms with Gasteiger partial charge in [-0.15, -0.1) is 0 Å². The third-order valence-corrected chi connectivity index (χ3v) is 3.93. The standard InChI is InChI=1S/C17H26N2O3/c1-17(2,22-16(18)20)8-7-14-3-5-15(6-4-14)13-19-9-11-21-12-10-19/h3-6H,7-13H2,1-2H3,(H2,18,20). The lowest BCUT2D eigenvalue weighted by molar-refractivity contribution is 0.0342. The van der Waals surface area contributed by atoms with Gasteiger partial charge in [-0.05, 0) is 37.8 Å². The molecule has 0 spiro atoms. The smallest absolute Gasteiger partial charge is 0.405 e. The van der Waals surface area contributed by atoms with Crippen molar-refractivity contribution in [3.8, 4) is 0 Å². The van der Waals surface area contributed by atoms with Crippen molar-refractivity contribution < 1.29 is 14.3 Å². The fourth-order valence-corrected chi connectivity index (χ4v) is 2.60. The van der Waals surface area contributed by atoms with Gasteiger partial charge in [-0.2, -0.15) is 0 Å². The van der Waals surface area contributed by atoms with Crippen LogP contribution in [0.4, 0.5) is 4.79 Å². The highest BCUT2D eigenvalue weighted by atomic mass is 16.6. The molecule has 0 bridgehead atoms. The van der Waals surface area contributed by atoms with Crippen LogP contribution >= 0.6 is 0 Å². The first-order chi connectivity index (χ1) is 10.4. The molecule has 5 heteroatoms. The van der Waals surface area contributed by atoms with Crippen molar-refractivity contribution in [1.82, 2.24) is 4.90 Å². The number of amides is 1. The molecule has 1 heterocycles. The normalized spacial score (nSPS) is 16.5. The van der Waals surface area contributed by atoms with Gasteiger partial charge in [0.2, 0.25) is 0 Å². The maximum absolute atomic E-state index is 10.8. The van der Waals surface area contributed by atoms with Crippen molar-refractivity contribution in [2.24, 2.45) is 5.73 Å². The molecule has 1 saturated heterocycles. The summed E-state index contributed by atoms with van der Waals surface area (Å²) in [6.45, 7) is 8.38. The number of benzene rings is 1. The maximum atomic E-state index is 10.8. The Kier molecular flexibility index (Phi) is 5.80. The van der Waals surface area contributed by atoms with Crippen molar-refractivity contribution in [3.63, 3.8) is 0 Å². The van der Waals surface area contributed by atoms with Crippen molar-refractivity contribution in [3.05, 3.63) is 35.4 Å². The zero-order valence-electron chi connectivity index (χ0n) is 13.5. The Balaban J connectivity index is 1.82. The molecule has 1 fully saturated rings. The van der Waals surface area contributed by atoms with Gasteiger partial charge in [0.25, 0.3) is 0 Å². The number of hydrogen-bond donors (Lipinski definition) is 1. The van der Waals surface area contributed by atoms with Crippen LogP contribution in [0.3, 0.4) is 0 Å². The van der Waals surface area contributed by atoms with Crippen LogP contribution in [0.2, 0.25) is 0 Å². The molecule has 122 valence electrons. The highest BCUT2D eigenvalue weighted by molar-refractivity contribution is 5.65. The molecule has 1 aromatic rings. The minimum Gasteiger partial charge on any atom is -0.444 e. The fraction of sp³-hybridized carbons (Fsp3) is 0.588. The first-order valence-corrected chi connectivity index (χ1v) is 7.81. The Labute approximate surface area is 132 Å². The number of morpholine rings is 1. The Morgan fingerprint density at radius 2 is 1.82 bits per heavy atom. The number of carbonyl (C=O) groups excluding carboxylic acids is 1. The van der Waals surface area contributed by atoms with Crippen LogP contribution in [0.15, 0.2) is 24.3 Å². The summed E-state index contributed by atoms with van der Waals surface area (Å²) in [5, 5.41) is 0.